The Bertz CT molecular complexity index is 439. The van der Waals surface area contributed by atoms with Crippen molar-refractivity contribution >= 4 is 0 Å². The molecule has 0 saturated heterocycles. The van der Waals surface area contributed by atoms with E-state index >= 15 is 0 Å². The number of aromatic nitrogens is 4. The van der Waals surface area contributed by atoms with Crippen LogP contribution in [0.4, 0.5) is 0 Å². The maximum absolute atomic E-state index is 5.09. The summed E-state index contributed by atoms with van der Waals surface area (Å²) in [4.78, 5) is 12.1. The van der Waals surface area contributed by atoms with Crippen molar-refractivity contribution in [2.45, 2.75) is 26.4 Å². The summed E-state index contributed by atoms with van der Waals surface area (Å²) in [5, 5.41) is 7.05. The van der Waals surface area contributed by atoms with Crippen LogP contribution in [0.1, 0.15) is 19.7 Å². The number of rotatable bonds is 4. The first kappa shape index (κ1) is 10.7. The molecular weight excluding hydrogens is 206 g/mol. The van der Waals surface area contributed by atoms with Crippen molar-refractivity contribution in [3.8, 4) is 11.5 Å². The molecule has 0 amide bonds. The second kappa shape index (κ2) is 4.80. The van der Waals surface area contributed by atoms with E-state index in [1.165, 1.54) is 6.33 Å². The lowest BCUT2D eigenvalue weighted by Gasteiger charge is -2.02. The van der Waals surface area contributed by atoms with E-state index in [1.54, 1.807) is 12.3 Å². The predicted octanol–water partition coefficient (Wildman–Crippen LogP) is 1.02. The molecule has 16 heavy (non-hydrogen) atoms. The van der Waals surface area contributed by atoms with Gasteiger partial charge in [0.1, 0.15) is 12.0 Å². The zero-order valence-corrected chi connectivity index (χ0v) is 9.21. The Kier molecular flexibility index (Phi) is 3.21. The third kappa shape index (κ3) is 2.60. The van der Waals surface area contributed by atoms with E-state index in [1.807, 2.05) is 0 Å². The monoisotopic (exact) mass is 219 g/mol. The molecule has 2 rings (SSSR count). The van der Waals surface area contributed by atoms with Gasteiger partial charge >= 0.3 is 0 Å². The third-order valence-electron chi connectivity index (χ3n) is 1.94. The highest BCUT2D eigenvalue weighted by Crippen LogP contribution is 2.10. The molecule has 0 unspecified atom stereocenters. The fourth-order valence-corrected chi connectivity index (χ4v) is 1.15. The molecule has 0 aliphatic carbocycles. The first-order valence-electron chi connectivity index (χ1n) is 5.08. The Morgan fingerprint density at radius 1 is 1.44 bits per heavy atom. The van der Waals surface area contributed by atoms with Crippen LogP contribution in [0.3, 0.4) is 0 Å². The highest BCUT2D eigenvalue weighted by Gasteiger charge is 2.09. The minimum Gasteiger partial charge on any atom is -0.337 e. The first-order valence-corrected chi connectivity index (χ1v) is 5.08. The van der Waals surface area contributed by atoms with E-state index in [0.717, 1.165) is 0 Å². The van der Waals surface area contributed by atoms with Crippen molar-refractivity contribution in [2.24, 2.45) is 0 Å². The largest absolute Gasteiger partial charge is 0.337 e. The molecule has 0 fully saturated rings. The van der Waals surface area contributed by atoms with Crippen LogP contribution in [0, 0.1) is 0 Å². The maximum atomic E-state index is 5.09. The van der Waals surface area contributed by atoms with Gasteiger partial charge in [0, 0.05) is 12.2 Å². The number of hydrogen-bond donors (Lipinski definition) is 1. The van der Waals surface area contributed by atoms with E-state index < -0.39 is 0 Å². The summed E-state index contributed by atoms with van der Waals surface area (Å²) in [5.74, 6) is 1.05. The van der Waals surface area contributed by atoms with Crippen molar-refractivity contribution in [1.82, 2.24) is 25.4 Å². The average Bonchev–Trinajstić information content (AvgIpc) is 2.76. The van der Waals surface area contributed by atoms with Crippen LogP contribution in [-0.4, -0.2) is 26.2 Å². The summed E-state index contributed by atoms with van der Waals surface area (Å²) < 4.78 is 5.09. The topological polar surface area (TPSA) is 76.7 Å². The Morgan fingerprint density at radius 3 is 3.00 bits per heavy atom. The normalized spacial score (nSPS) is 10.9. The van der Waals surface area contributed by atoms with Gasteiger partial charge in [0.05, 0.1) is 6.54 Å². The molecule has 0 saturated carbocycles. The smallest absolute Gasteiger partial charge is 0.240 e. The molecule has 0 atom stereocenters. The summed E-state index contributed by atoms with van der Waals surface area (Å²) in [6, 6.07) is 2.12. The summed E-state index contributed by atoms with van der Waals surface area (Å²) >= 11 is 0. The molecule has 0 bridgehead atoms. The van der Waals surface area contributed by atoms with E-state index in [2.05, 4.69) is 39.3 Å². The van der Waals surface area contributed by atoms with Crippen molar-refractivity contribution < 1.29 is 4.52 Å². The Balaban J connectivity index is 2.08. The molecule has 0 aromatic carbocycles. The molecule has 0 spiro atoms. The van der Waals surface area contributed by atoms with E-state index in [-0.39, 0.29) is 0 Å². The molecule has 0 radical (unpaired) electrons. The fraction of sp³-hybridized carbons (Fsp3) is 0.400. The molecule has 84 valence electrons. The molecule has 0 aliphatic rings. The molecule has 6 heteroatoms. The Labute approximate surface area is 93.1 Å². The highest BCUT2D eigenvalue weighted by atomic mass is 16.5. The zero-order chi connectivity index (χ0) is 11.4. The number of hydrogen-bond acceptors (Lipinski definition) is 6. The van der Waals surface area contributed by atoms with E-state index in [9.17, 15) is 0 Å². The predicted molar refractivity (Wildman–Crippen MR) is 57.3 cm³/mol. The number of nitrogens with one attached hydrogen (secondary N) is 1. The molecular formula is C10H13N5O. The molecule has 2 aromatic rings. The molecule has 1 N–H and O–H groups in total. The molecule has 2 heterocycles. The second-order valence-corrected chi connectivity index (χ2v) is 3.64. The van der Waals surface area contributed by atoms with E-state index in [4.69, 9.17) is 4.52 Å². The summed E-state index contributed by atoms with van der Waals surface area (Å²) in [7, 11) is 0. The minimum absolute atomic E-state index is 0.384. The van der Waals surface area contributed by atoms with Crippen LogP contribution in [0.25, 0.3) is 11.5 Å². The fourth-order valence-electron chi connectivity index (χ4n) is 1.15. The average molecular weight is 219 g/mol. The van der Waals surface area contributed by atoms with Gasteiger partial charge in [-0.15, -0.1) is 0 Å². The summed E-state index contributed by atoms with van der Waals surface area (Å²) in [6.07, 6.45) is 3.10. The van der Waals surface area contributed by atoms with Crippen LogP contribution in [0.2, 0.25) is 0 Å². The lowest BCUT2D eigenvalue weighted by atomic mass is 10.4. The van der Waals surface area contributed by atoms with Gasteiger partial charge in [-0.05, 0) is 6.07 Å². The van der Waals surface area contributed by atoms with Crippen LogP contribution in [-0.2, 0) is 6.54 Å². The maximum Gasteiger partial charge on any atom is 0.240 e. The third-order valence-corrected chi connectivity index (χ3v) is 1.94. The van der Waals surface area contributed by atoms with Crippen molar-refractivity contribution in [3.63, 3.8) is 0 Å². The second-order valence-electron chi connectivity index (χ2n) is 3.64. The Hall–Kier alpha value is -1.82. The van der Waals surface area contributed by atoms with Crippen LogP contribution < -0.4 is 5.32 Å². The van der Waals surface area contributed by atoms with Gasteiger partial charge in [-0.1, -0.05) is 19.0 Å². The molecule has 2 aromatic heterocycles. The highest BCUT2D eigenvalue weighted by molar-refractivity contribution is 5.46. The quantitative estimate of drug-likeness (QED) is 0.827. The van der Waals surface area contributed by atoms with Gasteiger partial charge in [-0.3, -0.25) is 0 Å². The first-order chi connectivity index (χ1) is 7.75. The molecule has 6 nitrogen and oxygen atoms in total. The standard InChI is InChI=1S/C10H13N5O/c1-7(2)12-5-9-14-10(15-16-9)8-3-4-11-6-13-8/h3-4,6-7,12H,5H2,1-2H3. The molecule has 0 aliphatic heterocycles. The van der Waals surface area contributed by atoms with Crippen molar-refractivity contribution in [1.29, 1.82) is 0 Å². The Morgan fingerprint density at radius 2 is 2.31 bits per heavy atom. The SMILES string of the molecule is CC(C)NCc1nc(-c2ccncn2)no1. The van der Waals surface area contributed by atoms with Gasteiger partial charge in [0.25, 0.3) is 0 Å². The van der Waals surface area contributed by atoms with Crippen LogP contribution in [0.15, 0.2) is 23.1 Å². The van der Waals surface area contributed by atoms with E-state index in [0.29, 0.717) is 30.0 Å². The lowest BCUT2D eigenvalue weighted by molar-refractivity contribution is 0.362. The lowest BCUT2D eigenvalue weighted by Crippen LogP contribution is -2.21. The number of nitrogens with zero attached hydrogens (tertiary/aromatic N) is 4. The summed E-state index contributed by atoms with van der Waals surface area (Å²) in [5.41, 5.74) is 0.662. The van der Waals surface area contributed by atoms with Crippen molar-refractivity contribution in [3.05, 3.63) is 24.5 Å². The van der Waals surface area contributed by atoms with Gasteiger partial charge in [0.15, 0.2) is 0 Å². The zero-order valence-electron chi connectivity index (χ0n) is 9.21. The van der Waals surface area contributed by atoms with Gasteiger partial charge in [0.2, 0.25) is 11.7 Å². The summed E-state index contributed by atoms with van der Waals surface area (Å²) in [6.45, 7) is 4.68. The van der Waals surface area contributed by atoms with Gasteiger partial charge < -0.3 is 9.84 Å². The van der Waals surface area contributed by atoms with Crippen LogP contribution >= 0.6 is 0 Å². The minimum atomic E-state index is 0.384. The van der Waals surface area contributed by atoms with Crippen LogP contribution in [0.5, 0.6) is 0 Å². The van der Waals surface area contributed by atoms with Gasteiger partial charge in [-0.25, -0.2) is 9.97 Å². The van der Waals surface area contributed by atoms with Crippen molar-refractivity contribution in [2.75, 3.05) is 0 Å². The van der Waals surface area contributed by atoms with Gasteiger partial charge in [-0.2, -0.15) is 4.98 Å².